The summed E-state index contributed by atoms with van der Waals surface area (Å²) in [6.45, 7) is 6.35. The molecule has 126 valence electrons. The molecule has 1 amide bonds. The Labute approximate surface area is 147 Å². The minimum Gasteiger partial charge on any atom is -0.379 e. The van der Waals surface area contributed by atoms with Gasteiger partial charge in [-0.2, -0.15) is 0 Å². The van der Waals surface area contributed by atoms with E-state index < -0.39 is 0 Å². The zero-order valence-electron chi connectivity index (χ0n) is 13.7. The second-order valence-corrected chi connectivity index (χ2v) is 6.41. The molecule has 0 aliphatic carbocycles. The fourth-order valence-corrected chi connectivity index (χ4v) is 2.83. The molecule has 0 aromatic heterocycles. The Kier molecular flexibility index (Phi) is 5.51. The normalized spacial score (nSPS) is 15.2. The third-order valence-electron chi connectivity index (χ3n) is 4.16. The van der Waals surface area contributed by atoms with Crippen molar-refractivity contribution in [2.75, 3.05) is 31.6 Å². The number of rotatable bonds is 4. The Bertz CT molecular complexity index is 710. The average molecular weight is 345 g/mol. The largest absolute Gasteiger partial charge is 0.379 e. The zero-order valence-corrected chi connectivity index (χ0v) is 14.5. The summed E-state index contributed by atoms with van der Waals surface area (Å²) in [5.74, 6) is -0.155. The number of hydrogen-bond acceptors (Lipinski definition) is 3. The Hall–Kier alpha value is -1.88. The molecule has 5 heteroatoms. The molecule has 3 rings (SSSR count). The number of nitrogens with one attached hydrogen (secondary N) is 1. The van der Waals surface area contributed by atoms with E-state index in [1.165, 1.54) is 5.56 Å². The third-order valence-corrected chi connectivity index (χ3v) is 4.56. The number of ether oxygens (including phenoxy) is 1. The van der Waals surface area contributed by atoms with Crippen LogP contribution in [-0.4, -0.2) is 37.1 Å². The fourth-order valence-electron chi connectivity index (χ4n) is 2.65. The van der Waals surface area contributed by atoms with Crippen molar-refractivity contribution < 1.29 is 9.53 Å². The van der Waals surface area contributed by atoms with Crippen LogP contribution < -0.4 is 5.32 Å². The number of nitrogens with zero attached hydrogens (tertiary/aromatic N) is 1. The first-order valence-electron chi connectivity index (χ1n) is 8.08. The number of halogens is 1. The Morgan fingerprint density at radius 3 is 2.54 bits per heavy atom. The molecule has 1 saturated heterocycles. The van der Waals surface area contributed by atoms with E-state index in [4.69, 9.17) is 16.3 Å². The van der Waals surface area contributed by atoms with Crippen LogP contribution in [0.2, 0.25) is 5.02 Å². The maximum Gasteiger partial charge on any atom is 0.255 e. The van der Waals surface area contributed by atoms with Crippen LogP contribution >= 0.6 is 11.6 Å². The van der Waals surface area contributed by atoms with Gasteiger partial charge in [0.25, 0.3) is 5.91 Å². The minimum atomic E-state index is -0.155. The maximum atomic E-state index is 12.3. The van der Waals surface area contributed by atoms with E-state index >= 15 is 0 Å². The molecule has 1 aliphatic rings. The lowest BCUT2D eigenvalue weighted by molar-refractivity contribution is 0.0342. The number of hydrogen-bond donors (Lipinski definition) is 1. The minimum absolute atomic E-state index is 0.155. The lowest BCUT2D eigenvalue weighted by atomic mass is 10.1. The first kappa shape index (κ1) is 17.0. The van der Waals surface area contributed by atoms with E-state index in [2.05, 4.69) is 10.2 Å². The molecule has 2 aromatic carbocycles. The van der Waals surface area contributed by atoms with Crippen molar-refractivity contribution in [1.82, 2.24) is 4.90 Å². The number of aryl methyl sites for hydroxylation is 1. The average Bonchev–Trinajstić information content (AvgIpc) is 2.60. The number of benzene rings is 2. The predicted octanol–water partition coefficient (Wildman–Crippen LogP) is 3.73. The lowest BCUT2D eigenvalue weighted by Gasteiger charge is -2.26. The van der Waals surface area contributed by atoms with Crippen LogP contribution in [0, 0.1) is 6.92 Å². The molecule has 1 fully saturated rings. The molecule has 1 aliphatic heterocycles. The Morgan fingerprint density at radius 1 is 1.17 bits per heavy atom. The molecule has 4 nitrogen and oxygen atoms in total. The van der Waals surface area contributed by atoms with Gasteiger partial charge in [0.1, 0.15) is 0 Å². The SMILES string of the molecule is Cc1ccc(C(=O)Nc2ccc(CN3CCOCC3)cc2)cc1Cl. The molecule has 1 N–H and O–H groups in total. The second kappa shape index (κ2) is 7.79. The van der Waals surface area contributed by atoms with Crippen molar-refractivity contribution in [1.29, 1.82) is 0 Å². The van der Waals surface area contributed by atoms with E-state index in [1.54, 1.807) is 12.1 Å². The van der Waals surface area contributed by atoms with E-state index in [0.717, 1.165) is 44.1 Å². The lowest BCUT2D eigenvalue weighted by Crippen LogP contribution is -2.35. The predicted molar refractivity (Wildman–Crippen MR) is 96.7 cm³/mol. The number of morpholine rings is 1. The van der Waals surface area contributed by atoms with E-state index in [0.29, 0.717) is 10.6 Å². The highest BCUT2D eigenvalue weighted by Crippen LogP contribution is 2.18. The van der Waals surface area contributed by atoms with Crippen LogP contribution in [0.3, 0.4) is 0 Å². The van der Waals surface area contributed by atoms with Gasteiger partial charge in [-0.3, -0.25) is 9.69 Å². The second-order valence-electron chi connectivity index (χ2n) is 6.00. The van der Waals surface area contributed by atoms with Gasteiger partial charge >= 0.3 is 0 Å². The first-order valence-corrected chi connectivity index (χ1v) is 8.46. The Balaban J connectivity index is 1.60. The van der Waals surface area contributed by atoms with Crippen LogP contribution in [-0.2, 0) is 11.3 Å². The van der Waals surface area contributed by atoms with Crippen LogP contribution in [0.15, 0.2) is 42.5 Å². The maximum absolute atomic E-state index is 12.3. The molecule has 0 saturated carbocycles. The van der Waals surface area contributed by atoms with Crippen LogP contribution in [0.4, 0.5) is 5.69 Å². The zero-order chi connectivity index (χ0) is 16.9. The molecule has 0 bridgehead atoms. The molecule has 24 heavy (non-hydrogen) atoms. The van der Waals surface area contributed by atoms with Crippen molar-refractivity contribution in [2.24, 2.45) is 0 Å². The quantitative estimate of drug-likeness (QED) is 0.918. The molecule has 0 atom stereocenters. The standard InChI is InChI=1S/C19H21ClN2O2/c1-14-2-5-16(12-18(14)20)19(23)21-17-6-3-15(4-7-17)13-22-8-10-24-11-9-22/h2-7,12H,8-11,13H2,1H3,(H,21,23). The summed E-state index contributed by atoms with van der Waals surface area (Å²) in [5, 5.41) is 3.51. The molecule has 1 heterocycles. The summed E-state index contributed by atoms with van der Waals surface area (Å²) >= 11 is 6.08. The molecule has 0 radical (unpaired) electrons. The van der Waals surface area contributed by atoms with Gasteiger partial charge in [0.15, 0.2) is 0 Å². The van der Waals surface area contributed by atoms with Gasteiger partial charge in [-0.15, -0.1) is 0 Å². The van der Waals surface area contributed by atoms with Crippen molar-refractivity contribution >= 4 is 23.2 Å². The summed E-state index contributed by atoms with van der Waals surface area (Å²) in [6.07, 6.45) is 0. The fraction of sp³-hybridized carbons (Fsp3) is 0.316. The van der Waals surface area contributed by atoms with Gasteiger partial charge in [0, 0.05) is 35.9 Å². The van der Waals surface area contributed by atoms with Gasteiger partial charge in [-0.05, 0) is 42.3 Å². The van der Waals surface area contributed by atoms with Crippen molar-refractivity contribution in [3.05, 3.63) is 64.2 Å². The number of anilines is 1. The van der Waals surface area contributed by atoms with Crippen LogP contribution in [0.25, 0.3) is 0 Å². The highest BCUT2D eigenvalue weighted by molar-refractivity contribution is 6.31. The molecule has 2 aromatic rings. The van der Waals surface area contributed by atoms with Gasteiger partial charge in [0.2, 0.25) is 0 Å². The molecule has 0 spiro atoms. The third kappa shape index (κ3) is 4.35. The van der Waals surface area contributed by atoms with Gasteiger partial charge in [-0.25, -0.2) is 0 Å². The monoisotopic (exact) mass is 344 g/mol. The van der Waals surface area contributed by atoms with Gasteiger partial charge in [-0.1, -0.05) is 29.8 Å². The van der Waals surface area contributed by atoms with Crippen LogP contribution in [0.1, 0.15) is 21.5 Å². The van der Waals surface area contributed by atoms with E-state index in [9.17, 15) is 4.79 Å². The van der Waals surface area contributed by atoms with Gasteiger partial charge in [0.05, 0.1) is 13.2 Å². The topological polar surface area (TPSA) is 41.6 Å². The highest BCUT2D eigenvalue weighted by Gasteiger charge is 2.11. The highest BCUT2D eigenvalue weighted by atomic mass is 35.5. The van der Waals surface area contributed by atoms with E-state index in [-0.39, 0.29) is 5.91 Å². The molecular weight excluding hydrogens is 324 g/mol. The first-order chi connectivity index (χ1) is 11.6. The molecule has 0 unspecified atom stereocenters. The summed E-state index contributed by atoms with van der Waals surface area (Å²) < 4.78 is 5.36. The summed E-state index contributed by atoms with van der Waals surface area (Å²) in [7, 11) is 0. The van der Waals surface area contributed by atoms with Crippen molar-refractivity contribution in [3.8, 4) is 0 Å². The van der Waals surface area contributed by atoms with Crippen LogP contribution in [0.5, 0.6) is 0 Å². The van der Waals surface area contributed by atoms with Crippen molar-refractivity contribution in [2.45, 2.75) is 13.5 Å². The number of carbonyl (C=O) groups is 1. The number of amides is 1. The van der Waals surface area contributed by atoms with Gasteiger partial charge < -0.3 is 10.1 Å². The summed E-state index contributed by atoms with van der Waals surface area (Å²) in [5.41, 5.74) is 3.53. The summed E-state index contributed by atoms with van der Waals surface area (Å²) in [4.78, 5) is 14.7. The number of carbonyl (C=O) groups excluding carboxylic acids is 1. The smallest absolute Gasteiger partial charge is 0.255 e. The Morgan fingerprint density at radius 2 is 1.88 bits per heavy atom. The van der Waals surface area contributed by atoms with Crippen molar-refractivity contribution in [3.63, 3.8) is 0 Å². The molecular formula is C19H21ClN2O2. The summed E-state index contributed by atoms with van der Waals surface area (Å²) in [6, 6.07) is 13.3. The van der Waals surface area contributed by atoms with E-state index in [1.807, 2.05) is 37.3 Å².